The zero-order valence-corrected chi connectivity index (χ0v) is 8.43. The Balaban J connectivity index is 1.87. The first-order valence-corrected chi connectivity index (χ1v) is 5.24. The Morgan fingerprint density at radius 3 is 2.53 bits per heavy atom. The van der Waals surface area contributed by atoms with Crippen LogP contribution in [0.2, 0.25) is 0 Å². The van der Waals surface area contributed by atoms with Gasteiger partial charge in [-0.2, -0.15) is 5.10 Å². The summed E-state index contributed by atoms with van der Waals surface area (Å²) in [5.74, 6) is 0.705. The summed E-state index contributed by atoms with van der Waals surface area (Å²) in [6, 6.07) is 10.6. The van der Waals surface area contributed by atoms with Gasteiger partial charge in [0.05, 0.1) is 5.69 Å². The SMILES string of the molecule is c1cnn(-c2ccc(C3CNC3)cc2)c1. The van der Waals surface area contributed by atoms with Gasteiger partial charge in [-0.05, 0) is 23.8 Å². The molecular formula is C12H13N3. The zero-order valence-electron chi connectivity index (χ0n) is 8.43. The van der Waals surface area contributed by atoms with Crippen molar-refractivity contribution in [2.45, 2.75) is 5.92 Å². The van der Waals surface area contributed by atoms with E-state index in [2.05, 4.69) is 34.7 Å². The summed E-state index contributed by atoms with van der Waals surface area (Å²) >= 11 is 0. The number of nitrogens with zero attached hydrogens (tertiary/aromatic N) is 2. The number of benzene rings is 1. The van der Waals surface area contributed by atoms with Crippen molar-refractivity contribution in [3.05, 3.63) is 48.3 Å². The molecule has 1 aromatic heterocycles. The maximum Gasteiger partial charge on any atom is 0.0645 e. The first kappa shape index (κ1) is 8.68. The Kier molecular flexibility index (Phi) is 2.03. The molecule has 1 fully saturated rings. The molecule has 2 heterocycles. The molecule has 0 amide bonds. The normalized spacial score (nSPS) is 16.3. The average molecular weight is 199 g/mol. The molecule has 0 spiro atoms. The van der Waals surface area contributed by atoms with Crippen molar-refractivity contribution in [3.63, 3.8) is 0 Å². The zero-order chi connectivity index (χ0) is 10.1. The minimum Gasteiger partial charge on any atom is -0.315 e. The topological polar surface area (TPSA) is 29.9 Å². The summed E-state index contributed by atoms with van der Waals surface area (Å²) in [6.45, 7) is 2.22. The Labute approximate surface area is 88.7 Å². The third-order valence-electron chi connectivity index (χ3n) is 2.91. The standard InChI is InChI=1S/C12H13N3/c1-6-14-15(7-1)12-4-2-10(3-5-12)11-8-13-9-11/h1-7,11,13H,8-9H2. The molecule has 1 saturated heterocycles. The van der Waals surface area contributed by atoms with Crippen molar-refractivity contribution in [2.24, 2.45) is 0 Å². The molecule has 0 unspecified atom stereocenters. The molecule has 3 nitrogen and oxygen atoms in total. The highest BCUT2D eigenvalue weighted by atomic mass is 15.3. The van der Waals surface area contributed by atoms with Gasteiger partial charge in [0, 0.05) is 31.4 Å². The fourth-order valence-corrected chi connectivity index (χ4v) is 1.85. The van der Waals surface area contributed by atoms with Crippen molar-refractivity contribution >= 4 is 0 Å². The summed E-state index contributed by atoms with van der Waals surface area (Å²) in [6.07, 6.45) is 3.75. The van der Waals surface area contributed by atoms with E-state index in [4.69, 9.17) is 0 Å². The lowest BCUT2D eigenvalue weighted by Gasteiger charge is -2.27. The molecule has 1 aliphatic heterocycles. The van der Waals surface area contributed by atoms with Crippen LogP contribution in [-0.2, 0) is 0 Å². The molecule has 0 aliphatic carbocycles. The molecule has 1 aliphatic rings. The van der Waals surface area contributed by atoms with Gasteiger partial charge in [-0.1, -0.05) is 12.1 Å². The van der Waals surface area contributed by atoms with Crippen LogP contribution in [0.3, 0.4) is 0 Å². The molecule has 0 atom stereocenters. The van der Waals surface area contributed by atoms with Crippen molar-refractivity contribution in [1.29, 1.82) is 0 Å². The molecule has 1 N–H and O–H groups in total. The van der Waals surface area contributed by atoms with Crippen LogP contribution in [0.15, 0.2) is 42.7 Å². The van der Waals surface area contributed by atoms with Crippen molar-refractivity contribution in [2.75, 3.05) is 13.1 Å². The molecule has 0 radical (unpaired) electrons. The van der Waals surface area contributed by atoms with Crippen LogP contribution in [-0.4, -0.2) is 22.9 Å². The van der Waals surface area contributed by atoms with Crippen LogP contribution in [0.1, 0.15) is 11.5 Å². The highest BCUT2D eigenvalue weighted by Crippen LogP contribution is 2.20. The first-order chi connectivity index (χ1) is 7.43. The van der Waals surface area contributed by atoms with Gasteiger partial charge in [-0.15, -0.1) is 0 Å². The maximum atomic E-state index is 4.20. The largest absolute Gasteiger partial charge is 0.315 e. The molecule has 15 heavy (non-hydrogen) atoms. The van der Waals surface area contributed by atoms with Gasteiger partial charge in [0.2, 0.25) is 0 Å². The van der Waals surface area contributed by atoms with E-state index < -0.39 is 0 Å². The number of hydrogen-bond donors (Lipinski definition) is 1. The summed E-state index contributed by atoms with van der Waals surface area (Å²) < 4.78 is 1.88. The minimum absolute atomic E-state index is 0.705. The third kappa shape index (κ3) is 1.55. The van der Waals surface area contributed by atoms with Gasteiger partial charge >= 0.3 is 0 Å². The fraction of sp³-hybridized carbons (Fsp3) is 0.250. The number of nitrogens with one attached hydrogen (secondary N) is 1. The summed E-state index contributed by atoms with van der Waals surface area (Å²) in [4.78, 5) is 0. The number of hydrogen-bond acceptors (Lipinski definition) is 2. The average Bonchev–Trinajstić information content (AvgIpc) is 2.69. The van der Waals surface area contributed by atoms with Crippen LogP contribution >= 0.6 is 0 Å². The Morgan fingerprint density at radius 2 is 2.00 bits per heavy atom. The maximum absolute atomic E-state index is 4.20. The Bertz CT molecular complexity index is 426. The lowest BCUT2D eigenvalue weighted by atomic mass is 9.94. The summed E-state index contributed by atoms with van der Waals surface area (Å²) in [5.41, 5.74) is 2.54. The quantitative estimate of drug-likeness (QED) is 0.795. The monoisotopic (exact) mass is 199 g/mol. The van der Waals surface area contributed by atoms with Gasteiger partial charge in [-0.3, -0.25) is 0 Å². The highest BCUT2D eigenvalue weighted by Gasteiger charge is 2.18. The molecular weight excluding hydrogens is 186 g/mol. The second-order valence-electron chi connectivity index (χ2n) is 3.90. The van der Waals surface area contributed by atoms with Crippen LogP contribution in [0.4, 0.5) is 0 Å². The summed E-state index contributed by atoms with van der Waals surface area (Å²) in [5, 5.41) is 7.48. The predicted molar refractivity (Wildman–Crippen MR) is 59.2 cm³/mol. The van der Waals surface area contributed by atoms with E-state index >= 15 is 0 Å². The molecule has 0 bridgehead atoms. The van der Waals surface area contributed by atoms with Gasteiger partial charge in [-0.25, -0.2) is 4.68 Å². The van der Waals surface area contributed by atoms with Gasteiger partial charge in [0.1, 0.15) is 0 Å². The first-order valence-electron chi connectivity index (χ1n) is 5.24. The molecule has 2 aromatic rings. The molecule has 0 saturated carbocycles. The lowest BCUT2D eigenvalue weighted by molar-refractivity contribution is 0.448. The van der Waals surface area contributed by atoms with Crippen molar-refractivity contribution in [3.8, 4) is 5.69 Å². The van der Waals surface area contributed by atoms with E-state index in [0.29, 0.717) is 5.92 Å². The highest BCUT2D eigenvalue weighted by molar-refractivity contribution is 5.35. The second-order valence-corrected chi connectivity index (χ2v) is 3.90. The van der Waals surface area contributed by atoms with Crippen molar-refractivity contribution < 1.29 is 0 Å². The molecule has 76 valence electrons. The van der Waals surface area contributed by atoms with Crippen LogP contribution in [0.25, 0.3) is 5.69 Å². The van der Waals surface area contributed by atoms with Crippen LogP contribution in [0.5, 0.6) is 0 Å². The molecule has 1 aromatic carbocycles. The molecule has 3 rings (SSSR count). The van der Waals surface area contributed by atoms with E-state index in [1.807, 2.05) is 16.9 Å². The predicted octanol–water partition coefficient (Wildman–Crippen LogP) is 1.56. The summed E-state index contributed by atoms with van der Waals surface area (Å²) in [7, 11) is 0. The minimum atomic E-state index is 0.705. The van der Waals surface area contributed by atoms with E-state index in [9.17, 15) is 0 Å². The van der Waals surface area contributed by atoms with Crippen LogP contribution < -0.4 is 5.32 Å². The fourth-order valence-electron chi connectivity index (χ4n) is 1.85. The van der Waals surface area contributed by atoms with E-state index in [-0.39, 0.29) is 0 Å². The molecule has 3 heteroatoms. The van der Waals surface area contributed by atoms with Crippen LogP contribution in [0, 0.1) is 0 Å². The lowest BCUT2D eigenvalue weighted by Crippen LogP contribution is -2.39. The van der Waals surface area contributed by atoms with E-state index in [1.165, 1.54) is 5.56 Å². The number of aromatic nitrogens is 2. The smallest absolute Gasteiger partial charge is 0.0645 e. The van der Waals surface area contributed by atoms with Gasteiger partial charge < -0.3 is 5.32 Å². The van der Waals surface area contributed by atoms with Crippen molar-refractivity contribution in [1.82, 2.24) is 15.1 Å². The number of rotatable bonds is 2. The van der Waals surface area contributed by atoms with Gasteiger partial charge in [0.15, 0.2) is 0 Å². The Morgan fingerprint density at radius 1 is 1.20 bits per heavy atom. The Hall–Kier alpha value is -1.61. The van der Waals surface area contributed by atoms with Gasteiger partial charge in [0.25, 0.3) is 0 Å². The van der Waals surface area contributed by atoms with E-state index in [0.717, 1.165) is 18.8 Å². The second kappa shape index (κ2) is 3.51. The third-order valence-corrected chi connectivity index (χ3v) is 2.91. The van der Waals surface area contributed by atoms with E-state index in [1.54, 1.807) is 6.20 Å².